The van der Waals surface area contributed by atoms with Crippen LogP contribution in [0.5, 0.6) is 5.75 Å². The maximum Gasteiger partial charge on any atom is 0.284 e. The highest BCUT2D eigenvalue weighted by Gasteiger charge is 2.14. The quantitative estimate of drug-likeness (QED) is 0.317. The van der Waals surface area contributed by atoms with Crippen molar-refractivity contribution < 1.29 is 14.7 Å². The van der Waals surface area contributed by atoms with Crippen molar-refractivity contribution >= 4 is 22.9 Å². The van der Waals surface area contributed by atoms with E-state index < -0.39 is 5.91 Å². The number of piperidine rings is 1. The predicted molar refractivity (Wildman–Crippen MR) is 127 cm³/mol. The highest BCUT2D eigenvalue weighted by Crippen LogP contribution is 2.29. The Morgan fingerprint density at radius 2 is 1.91 bits per heavy atom. The monoisotopic (exact) mass is 463 g/mol. The molecule has 0 spiro atoms. The summed E-state index contributed by atoms with van der Waals surface area (Å²) in [5.74, 6) is 0.336. The summed E-state index contributed by atoms with van der Waals surface area (Å²) in [5, 5.41) is 15.1. The van der Waals surface area contributed by atoms with Crippen LogP contribution in [0.25, 0.3) is 27.9 Å². The van der Waals surface area contributed by atoms with E-state index in [2.05, 4.69) is 15.0 Å². The molecule has 4 aromatic rings. The zero-order valence-corrected chi connectivity index (χ0v) is 18.9. The van der Waals surface area contributed by atoms with Crippen LogP contribution in [-0.4, -0.2) is 56.9 Å². The van der Waals surface area contributed by atoms with E-state index in [1.165, 1.54) is 43.7 Å². The summed E-state index contributed by atoms with van der Waals surface area (Å²) in [6.45, 7) is 4.03. The molecule has 1 saturated heterocycles. The smallest absolute Gasteiger partial charge is 0.284 e. The van der Waals surface area contributed by atoms with Crippen LogP contribution in [0.4, 0.5) is 0 Å². The third-order valence-corrected chi connectivity index (χ3v) is 6.83. The zero-order valence-electron chi connectivity index (χ0n) is 18.1. The first kappa shape index (κ1) is 21.6. The molecule has 8 nitrogen and oxygen atoms in total. The Hall–Kier alpha value is -3.27. The van der Waals surface area contributed by atoms with Gasteiger partial charge in [0.25, 0.3) is 5.91 Å². The summed E-state index contributed by atoms with van der Waals surface area (Å²) in [6.07, 6.45) is 9.41. The number of ether oxygens (including phenoxy) is 1. The first-order valence-electron chi connectivity index (χ1n) is 11.0. The molecule has 5 rings (SSSR count). The molecular formula is C24H25N5O3S. The van der Waals surface area contributed by atoms with Crippen molar-refractivity contribution in [2.24, 2.45) is 0 Å². The molecule has 1 aliphatic rings. The lowest BCUT2D eigenvalue weighted by molar-refractivity contribution is 0.0711. The topological polar surface area (TPSA) is 92.0 Å². The van der Waals surface area contributed by atoms with Crippen LogP contribution in [0.15, 0.2) is 54.3 Å². The molecule has 2 N–H and O–H groups in total. The highest BCUT2D eigenvalue weighted by molar-refractivity contribution is 7.12. The number of hydroxylamine groups is 1. The molecule has 1 amide bonds. The van der Waals surface area contributed by atoms with Crippen LogP contribution < -0.4 is 10.2 Å². The van der Waals surface area contributed by atoms with E-state index in [0.717, 1.165) is 34.5 Å². The van der Waals surface area contributed by atoms with Crippen LogP contribution in [0.1, 0.15) is 28.9 Å². The van der Waals surface area contributed by atoms with Gasteiger partial charge in [0.1, 0.15) is 12.4 Å². The number of nitrogens with one attached hydrogen (secondary N) is 1. The van der Waals surface area contributed by atoms with Crippen LogP contribution in [-0.2, 0) is 0 Å². The van der Waals surface area contributed by atoms with Gasteiger partial charge in [0.15, 0.2) is 5.65 Å². The van der Waals surface area contributed by atoms with Crippen LogP contribution in [0, 0.1) is 0 Å². The molecule has 4 heterocycles. The average molecular weight is 464 g/mol. The number of fused-ring (bicyclic) bond motifs is 1. The van der Waals surface area contributed by atoms with E-state index >= 15 is 0 Å². The summed E-state index contributed by atoms with van der Waals surface area (Å²) in [7, 11) is 0. The Balaban J connectivity index is 1.27. The molecule has 1 aromatic carbocycles. The van der Waals surface area contributed by atoms with Gasteiger partial charge in [0, 0.05) is 30.1 Å². The normalized spacial score (nSPS) is 14.5. The Morgan fingerprint density at radius 1 is 1.09 bits per heavy atom. The standard InChI is InChI=1S/C24H25N5O3S/c30-24(27-31)22-12-18(16-33-22)21-14-26-29-15-19(13-25-23(21)29)17-4-6-20(7-5-17)32-11-10-28-8-2-1-3-9-28/h4-7,12-16,31H,1-3,8-11H2,(H,27,30). The molecule has 0 bridgehead atoms. The summed E-state index contributed by atoms with van der Waals surface area (Å²) < 4.78 is 7.66. The fourth-order valence-corrected chi connectivity index (χ4v) is 4.89. The van der Waals surface area contributed by atoms with Gasteiger partial charge < -0.3 is 4.74 Å². The number of benzene rings is 1. The lowest BCUT2D eigenvalue weighted by Gasteiger charge is -2.26. The van der Waals surface area contributed by atoms with Gasteiger partial charge in [-0.2, -0.15) is 5.10 Å². The van der Waals surface area contributed by atoms with Gasteiger partial charge in [0.2, 0.25) is 0 Å². The number of amides is 1. The van der Waals surface area contributed by atoms with Gasteiger partial charge in [-0.25, -0.2) is 15.0 Å². The third-order valence-electron chi connectivity index (χ3n) is 5.90. The largest absolute Gasteiger partial charge is 0.492 e. The molecule has 0 atom stereocenters. The lowest BCUT2D eigenvalue weighted by atomic mass is 10.1. The van der Waals surface area contributed by atoms with E-state index in [4.69, 9.17) is 9.94 Å². The molecule has 33 heavy (non-hydrogen) atoms. The predicted octanol–water partition coefficient (Wildman–Crippen LogP) is 4.11. The first-order chi connectivity index (χ1) is 16.2. The average Bonchev–Trinajstić information content (AvgIpc) is 3.51. The molecule has 0 saturated carbocycles. The molecular weight excluding hydrogens is 438 g/mol. The summed E-state index contributed by atoms with van der Waals surface area (Å²) in [6, 6.07) is 9.75. The molecule has 0 aliphatic carbocycles. The Kier molecular flexibility index (Phi) is 6.34. The lowest BCUT2D eigenvalue weighted by Crippen LogP contribution is -2.33. The van der Waals surface area contributed by atoms with Crippen molar-refractivity contribution in [2.75, 3.05) is 26.2 Å². The maximum atomic E-state index is 11.6. The Morgan fingerprint density at radius 3 is 2.70 bits per heavy atom. The SMILES string of the molecule is O=C(NO)c1cc(-c2cnn3cc(-c4ccc(OCCN5CCCCC5)cc4)cnc23)cs1. The van der Waals surface area contributed by atoms with Crippen LogP contribution in [0.2, 0.25) is 0 Å². The molecule has 3 aromatic heterocycles. The molecule has 1 fully saturated rings. The van der Waals surface area contributed by atoms with Crippen molar-refractivity contribution in [1.82, 2.24) is 25.0 Å². The van der Waals surface area contributed by atoms with Gasteiger partial charge >= 0.3 is 0 Å². The fourth-order valence-electron chi connectivity index (χ4n) is 4.10. The number of hydrogen-bond donors (Lipinski definition) is 2. The fraction of sp³-hybridized carbons (Fsp3) is 0.292. The van der Waals surface area contributed by atoms with Gasteiger partial charge in [0.05, 0.1) is 11.1 Å². The molecule has 170 valence electrons. The summed E-state index contributed by atoms with van der Waals surface area (Å²) in [4.78, 5) is 19.1. The first-order valence-corrected chi connectivity index (χ1v) is 11.9. The molecule has 9 heteroatoms. The van der Waals surface area contributed by atoms with Gasteiger partial charge in [-0.1, -0.05) is 18.6 Å². The van der Waals surface area contributed by atoms with Gasteiger partial charge in [-0.3, -0.25) is 14.9 Å². The number of rotatable bonds is 7. The van der Waals surface area contributed by atoms with Crippen LogP contribution >= 0.6 is 11.3 Å². The van der Waals surface area contributed by atoms with Crippen LogP contribution in [0.3, 0.4) is 0 Å². The second-order valence-electron chi connectivity index (χ2n) is 8.08. The van der Waals surface area contributed by atoms with Crippen molar-refractivity contribution in [3.8, 4) is 28.0 Å². The Labute approximate surface area is 195 Å². The number of aromatic nitrogens is 3. The van der Waals surface area contributed by atoms with Gasteiger partial charge in [-0.05, 0) is 60.6 Å². The minimum atomic E-state index is -0.531. The van der Waals surface area contributed by atoms with E-state index in [1.807, 2.05) is 42.0 Å². The molecule has 0 unspecified atom stereocenters. The van der Waals surface area contributed by atoms with Crippen molar-refractivity contribution in [2.45, 2.75) is 19.3 Å². The minimum absolute atomic E-state index is 0.418. The van der Waals surface area contributed by atoms with Crippen molar-refractivity contribution in [3.63, 3.8) is 0 Å². The van der Waals surface area contributed by atoms with Crippen molar-refractivity contribution in [1.29, 1.82) is 0 Å². The number of nitrogens with zero attached hydrogens (tertiary/aromatic N) is 4. The van der Waals surface area contributed by atoms with E-state index in [-0.39, 0.29) is 0 Å². The van der Waals surface area contributed by atoms with E-state index in [0.29, 0.717) is 17.1 Å². The zero-order chi connectivity index (χ0) is 22.6. The molecule has 1 aliphatic heterocycles. The van der Waals surface area contributed by atoms with E-state index in [1.54, 1.807) is 22.3 Å². The Bertz CT molecular complexity index is 1240. The second-order valence-corrected chi connectivity index (χ2v) is 9.00. The molecule has 0 radical (unpaired) electrons. The summed E-state index contributed by atoms with van der Waals surface area (Å²) in [5.41, 5.74) is 5.99. The number of hydrogen-bond acceptors (Lipinski definition) is 7. The third kappa shape index (κ3) is 4.75. The summed E-state index contributed by atoms with van der Waals surface area (Å²) >= 11 is 1.25. The second kappa shape index (κ2) is 9.70. The van der Waals surface area contributed by atoms with Gasteiger partial charge in [-0.15, -0.1) is 11.3 Å². The maximum absolute atomic E-state index is 11.6. The number of likely N-dealkylation sites (tertiary alicyclic amines) is 1. The number of carbonyl (C=O) groups is 1. The van der Waals surface area contributed by atoms with E-state index in [9.17, 15) is 4.79 Å². The highest BCUT2D eigenvalue weighted by atomic mass is 32.1. The van der Waals surface area contributed by atoms with Crippen molar-refractivity contribution in [3.05, 3.63) is 59.2 Å². The number of thiophene rings is 1. The minimum Gasteiger partial charge on any atom is -0.492 e. The number of carbonyl (C=O) groups excluding carboxylic acids is 1.